The summed E-state index contributed by atoms with van der Waals surface area (Å²) in [6.07, 6.45) is 8.38. The van der Waals surface area contributed by atoms with E-state index in [0.29, 0.717) is 12.2 Å². The molecule has 0 amide bonds. The van der Waals surface area contributed by atoms with Gasteiger partial charge in [0.2, 0.25) is 0 Å². The highest BCUT2D eigenvalue weighted by molar-refractivity contribution is 5.97. The third-order valence-corrected chi connectivity index (χ3v) is 3.75. The average Bonchev–Trinajstić information content (AvgIpc) is 2.45. The van der Waals surface area contributed by atoms with Crippen molar-refractivity contribution >= 4 is 12.1 Å². The lowest BCUT2D eigenvalue weighted by Crippen LogP contribution is -2.19. The second kappa shape index (κ2) is 5.24. The van der Waals surface area contributed by atoms with Crippen LogP contribution in [0.3, 0.4) is 0 Å². The topological polar surface area (TPSA) is 34.1 Å². The van der Waals surface area contributed by atoms with Gasteiger partial charge in [0.1, 0.15) is 6.29 Å². The van der Waals surface area contributed by atoms with Crippen molar-refractivity contribution in [3.05, 3.63) is 23.8 Å². The number of hydrogen-bond acceptors (Lipinski definition) is 2. The number of aldehydes is 1. The summed E-state index contributed by atoms with van der Waals surface area (Å²) in [5.41, 5.74) is 1.67. The minimum atomic E-state index is -0.101. The minimum Gasteiger partial charge on any atom is -0.303 e. The van der Waals surface area contributed by atoms with Gasteiger partial charge in [-0.25, -0.2) is 0 Å². The van der Waals surface area contributed by atoms with E-state index in [4.69, 9.17) is 0 Å². The van der Waals surface area contributed by atoms with Gasteiger partial charge in [0.25, 0.3) is 0 Å². The van der Waals surface area contributed by atoms with Gasteiger partial charge < -0.3 is 4.79 Å². The van der Waals surface area contributed by atoms with Crippen molar-refractivity contribution < 1.29 is 9.59 Å². The van der Waals surface area contributed by atoms with E-state index in [1.165, 1.54) is 11.6 Å². The number of carbonyl (C=O) groups is 2. The lowest BCUT2D eigenvalue weighted by Gasteiger charge is -2.28. The van der Waals surface area contributed by atoms with E-state index < -0.39 is 0 Å². The molecule has 1 unspecified atom stereocenters. The molecule has 0 saturated carbocycles. The highest BCUT2D eigenvalue weighted by Gasteiger charge is 2.33. The molecule has 1 aliphatic carbocycles. The van der Waals surface area contributed by atoms with E-state index in [1.807, 2.05) is 6.08 Å². The monoisotopic (exact) mass is 220 g/mol. The summed E-state index contributed by atoms with van der Waals surface area (Å²) in [6, 6.07) is 0. The highest BCUT2D eigenvalue weighted by Crippen LogP contribution is 2.44. The maximum absolute atomic E-state index is 11.1. The van der Waals surface area contributed by atoms with E-state index in [9.17, 15) is 9.59 Å². The molecule has 1 rings (SSSR count). The standard InChI is InChI=1S/C14H20O2/c1-11-7-8-12(14(11,2)3)5-4-6-13(16)9-10-15/h4,6-7,10,12H,5,8-9H2,1-3H3. The van der Waals surface area contributed by atoms with Crippen molar-refractivity contribution in [3.63, 3.8) is 0 Å². The molecular formula is C14H20O2. The third kappa shape index (κ3) is 2.91. The van der Waals surface area contributed by atoms with Crippen LogP contribution < -0.4 is 0 Å². The van der Waals surface area contributed by atoms with Crippen LogP contribution in [0.25, 0.3) is 0 Å². The van der Waals surface area contributed by atoms with Crippen LogP contribution in [-0.4, -0.2) is 12.1 Å². The van der Waals surface area contributed by atoms with E-state index in [2.05, 4.69) is 26.8 Å². The molecule has 0 aromatic heterocycles. The first-order valence-electron chi connectivity index (χ1n) is 5.78. The second-order valence-corrected chi connectivity index (χ2v) is 5.02. The first-order chi connectivity index (χ1) is 7.48. The van der Waals surface area contributed by atoms with E-state index in [0.717, 1.165) is 12.8 Å². The van der Waals surface area contributed by atoms with Crippen molar-refractivity contribution in [2.45, 2.75) is 40.0 Å². The Bertz CT molecular complexity index is 335. The number of rotatable bonds is 5. The van der Waals surface area contributed by atoms with Crippen LogP contribution in [0, 0.1) is 11.3 Å². The summed E-state index contributed by atoms with van der Waals surface area (Å²) < 4.78 is 0. The zero-order valence-electron chi connectivity index (χ0n) is 10.3. The van der Waals surface area contributed by atoms with Gasteiger partial charge >= 0.3 is 0 Å². The molecule has 2 heteroatoms. The van der Waals surface area contributed by atoms with E-state index >= 15 is 0 Å². The Kier molecular flexibility index (Phi) is 4.22. The smallest absolute Gasteiger partial charge is 0.162 e. The highest BCUT2D eigenvalue weighted by atomic mass is 16.1. The van der Waals surface area contributed by atoms with Gasteiger partial charge in [-0.3, -0.25) is 4.79 Å². The molecule has 16 heavy (non-hydrogen) atoms. The van der Waals surface area contributed by atoms with Gasteiger partial charge in [-0.1, -0.05) is 31.6 Å². The summed E-state index contributed by atoms with van der Waals surface area (Å²) >= 11 is 0. The third-order valence-electron chi connectivity index (χ3n) is 3.75. The normalized spacial score (nSPS) is 23.4. The van der Waals surface area contributed by atoms with Crippen LogP contribution in [0.4, 0.5) is 0 Å². The molecule has 0 N–H and O–H groups in total. The van der Waals surface area contributed by atoms with Crippen LogP contribution in [0.1, 0.15) is 40.0 Å². The molecule has 0 radical (unpaired) electrons. The second-order valence-electron chi connectivity index (χ2n) is 5.02. The van der Waals surface area contributed by atoms with Gasteiger partial charge in [0.05, 0.1) is 6.42 Å². The Morgan fingerprint density at radius 1 is 1.56 bits per heavy atom. The fraction of sp³-hybridized carbons (Fsp3) is 0.571. The first-order valence-corrected chi connectivity index (χ1v) is 5.78. The quantitative estimate of drug-likeness (QED) is 0.309. The molecule has 1 aliphatic rings. The maximum Gasteiger partial charge on any atom is 0.162 e. The molecule has 0 bridgehead atoms. The van der Waals surface area contributed by atoms with Crippen LogP contribution in [0.15, 0.2) is 23.8 Å². The molecule has 0 aromatic carbocycles. The van der Waals surface area contributed by atoms with Gasteiger partial charge in [-0.15, -0.1) is 0 Å². The number of hydrogen-bond donors (Lipinski definition) is 0. The van der Waals surface area contributed by atoms with Crippen LogP contribution in [0.2, 0.25) is 0 Å². The zero-order valence-corrected chi connectivity index (χ0v) is 10.3. The molecule has 0 fully saturated rings. The summed E-state index contributed by atoms with van der Waals surface area (Å²) in [5, 5.41) is 0. The van der Waals surface area contributed by atoms with Crippen LogP contribution in [0.5, 0.6) is 0 Å². The Hall–Kier alpha value is -1.18. The molecule has 0 saturated heterocycles. The molecule has 0 spiro atoms. The van der Waals surface area contributed by atoms with Gasteiger partial charge in [0, 0.05) is 0 Å². The average molecular weight is 220 g/mol. The Morgan fingerprint density at radius 2 is 2.25 bits per heavy atom. The molecule has 0 aromatic rings. The molecular weight excluding hydrogens is 200 g/mol. The van der Waals surface area contributed by atoms with Crippen LogP contribution in [-0.2, 0) is 9.59 Å². The SMILES string of the molecule is CC1=CCC(CC=CC(=O)CC=O)C1(C)C. The number of carbonyl (C=O) groups excluding carboxylic acids is 2. The fourth-order valence-electron chi connectivity index (χ4n) is 2.10. The molecule has 1 atom stereocenters. The Labute approximate surface area is 97.4 Å². The Balaban J connectivity index is 2.46. The predicted molar refractivity (Wildman–Crippen MR) is 65.1 cm³/mol. The zero-order chi connectivity index (χ0) is 12.2. The van der Waals surface area contributed by atoms with Crippen molar-refractivity contribution in [3.8, 4) is 0 Å². The lowest BCUT2D eigenvalue weighted by atomic mass is 9.76. The van der Waals surface area contributed by atoms with Crippen molar-refractivity contribution in [2.24, 2.45) is 11.3 Å². The molecule has 0 aliphatic heterocycles. The van der Waals surface area contributed by atoms with Crippen molar-refractivity contribution in [1.82, 2.24) is 0 Å². The number of ketones is 1. The van der Waals surface area contributed by atoms with Crippen molar-refractivity contribution in [1.29, 1.82) is 0 Å². The van der Waals surface area contributed by atoms with Gasteiger partial charge in [-0.2, -0.15) is 0 Å². The minimum absolute atomic E-state index is 0.00182. The van der Waals surface area contributed by atoms with Gasteiger partial charge in [-0.05, 0) is 37.2 Å². The molecule has 0 heterocycles. The van der Waals surface area contributed by atoms with E-state index in [-0.39, 0.29) is 17.6 Å². The molecule has 2 nitrogen and oxygen atoms in total. The predicted octanol–water partition coefficient (Wildman–Crippen LogP) is 3.08. The van der Waals surface area contributed by atoms with Crippen molar-refractivity contribution in [2.75, 3.05) is 0 Å². The van der Waals surface area contributed by atoms with Crippen LogP contribution >= 0.6 is 0 Å². The Morgan fingerprint density at radius 3 is 2.75 bits per heavy atom. The lowest BCUT2D eigenvalue weighted by molar-refractivity contribution is -0.118. The van der Waals surface area contributed by atoms with E-state index in [1.54, 1.807) is 0 Å². The van der Waals surface area contributed by atoms with Gasteiger partial charge in [0.15, 0.2) is 5.78 Å². The summed E-state index contributed by atoms with van der Waals surface area (Å²) in [6.45, 7) is 6.66. The largest absolute Gasteiger partial charge is 0.303 e. The first kappa shape index (κ1) is 12.9. The summed E-state index contributed by atoms with van der Waals surface area (Å²) in [4.78, 5) is 21.2. The summed E-state index contributed by atoms with van der Waals surface area (Å²) in [5.74, 6) is 0.475. The maximum atomic E-state index is 11.1. The fourth-order valence-corrected chi connectivity index (χ4v) is 2.10. The summed E-state index contributed by atoms with van der Waals surface area (Å²) in [7, 11) is 0. The number of allylic oxidation sites excluding steroid dienone is 4. The molecule has 88 valence electrons.